The van der Waals surface area contributed by atoms with Gasteiger partial charge in [-0.3, -0.25) is 9.78 Å². The number of ketones is 1. The average Bonchev–Trinajstić information content (AvgIpc) is 2.42. The van der Waals surface area contributed by atoms with Crippen LogP contribution < -0.4 is 0 Å². The third kappa shape index (κ3) is 2.91. The summed E-state index contributed by atoms with van der Waals surface area (Å²) in [7, 11) is 1.63. The van der Waals surface area contributed by atoms with E-state index in [0.29, 0.717) is 11.5 Å². The van der Waals surface area contributed by atoms with Crippen LogP contribution in [0, 0.1) is 5.92 Å². The van der Waals surface area contributed by atoms with E-state index in [1.807, 2.05) is 6.07 Å². The van der Waals surface area contributed by atoms with Gasteiger partial charge in [-0.2, -0.15) is 0 Å². The van der Waals surface area contributed by atoms with Crippen molar-refractivity contribution in [3.63, 3.8) is 0 Å². The highest BCUT2D eigenvalue weighted by molar-refractivity contribution is 5.99. The van der Waals surface area contributed by atoms with Gasteiger partial charge in [-0.15, -0.1) is 0 Å². The molecule has 1 saturated carbocycles. The van der Waals surface area contributed by atoms with Crippen molar-refractivity contribution in [1.82, 2.24) is 4.98 Å². The van der Waals surface area contributed by atoms with Crippen molar-refractivity contribution in [3.8, 4) is 0 Å². The molecule has 1 aromatic rings. The van der Waals surface area contributed by atoms with Gasteiger partial charge in [0.15, 0.2) is 5.78 Å². The van der Waals surface area contributed by atoms with Crippen LogP contribution in [0.5, 0.6) is 0 Å². The molecule has 1 fully saturated rings. The summed E-state index contributed by atoms with van der Waals surface area (Å²) in [4.78, 5) is 16.3. The van der Waals surface area contributed by atoms with Crippen LogP contribution in [0.1, 0.15) is 42.5 Å². The molecule has 1 aliphatic carbocycles. The first kappa shape index (κ1) is 12.2. The zero-order chi connectivity index (χ0) is 12.1. The summed E-state index contributed by atoms with van der Waals surface area (Å²) in [6.45, 7) is 0. The van der Waals surface area contributed by atoms with Crippen molar-refractivity contribution in [1.29, 1.82) is 0 Å². The molecule has 1 heterocycles. The Morgan fingerprint density at radius 1 is 1.41 bits per heavy atom. The largest absolute Gasteiger partial charge is 0.373 e. The van der Waals surface area contributed by atoms with Crippen LogP contribution in [0.25, 0.3) is 0 Å². The van der Waals surface area contributed by atoms with Crippen molar-refractivity contribution >= 4 is 5.78 Å². The molecule has 0 amide bonds. The quantitative estimate of drug-likeness (QED) is 0.751. The highest BCUT2D eigenvalue weighted by Crippen LogP contribution is 2.29. The summed E-state index contributed by atoms with van der Waals surface area (Å²) < 4.78 is 5.43. The lowest BCUT2D eigenvalue weighted by atomic mass is 9.82. The lowest BCUT2D eigenvalue weighted by Crippen LogP contribution is -2.33. The summed E-state index contributed by atoms with van der Waals surface area (Å²) in [5.41, 5.74) is 0.657. The molecule has 1 unspecified atom stereocenters. The minimum absolute atomic E-state index is 0.0764. The number of carbonyl (C=O) groups excluding carboxylic acids is 1. The predicted molar refractivity (Wildman–Crippen MR) is 65.9 cm³/mol. The third-order valence-electron chi connectivity index (χ3n) is 3.54. The minimum atomic E-state index is -0.292. The number of Topliss-reactive ketones (excluding diaryl/α,β-unsaturated/α-hetero) is 1. The fourth-order valence-corrected chi connectivity index (χ4v) is 2.62. The first-order chi connectivity index (χ1) is 8.33. The zero-order valence-electron chi connectivity index (χ0n) is 10.3. The van der Waals surface area contributed by atoms with Gasteiger partial charge in [0.25, 0.3) is 0 Å². The van der Waals surface area contributed by atoms with E-state index < -0.39 is 0 Å². The van der Waals surface area contributed by atoms with E-state index in [0.717, 1.165) is 12.8 Å². The van der Waals surface area contributed by atoms with Crippen LogP contribution in [-0.4, -0.2) is 24.0 Å². The second-order valence-corrected chi connectivity index (χ2v) is 4.66. The van der Waals surface area contributed by atoms with E-state index in [-0.39, 0.29) is 11.9 Å². The number of ether oxygens (including phenoxy) is 1. The maximum atomic E-state index is 12.3. The van der Waals surface area contributed by atoms with Crippen LogP contribution in [0.4, 0.5) is 0 Å². The number of hydrogen-bond donors (Lipinski definition) is 0. The SMILES string of the molecule is COC(C(=O)c1cccnc1)C1CCCCC1. The first-order valence-electron chi connectivity index (χ1n) is 6.30. The van der Waals surface area contributed by atoms with Crippen LogP contribution in [-0.2, 0) is 4.74 Å². The van der Waals surface area contributed by atoms with Gasteiger partial charge in [0, 0.05) is 25.1 Å². The van der Waals surface area contributed by atoms with E-state index in [1.165, 1.54) is 19.3 Å². The molecule has 0 saturated heterocycles. The highest BCUT2D eigenvalue weighted by Gasteiger charge is 2.30. The molecule has 0 spiro atoms. The van der Waals surface area contributed by atoms with Gasteiger partial charge < -0.3 is 4.74 Å². The van der Waals surface area contributed by atoms with Gasteiger partial charge in [-0.1, -0.05) is 19.3 Å². The molecule has 0 radical (unpaired) electrons. The number of methoxy groups -OCH3 is 1. The number of carbonyl (C=O) groups is 1. The van der Waals surface area contributed by atoms with Crippen molar-refractivity contribution in [2.45, 2.75) is 38.2 Å². The van der Waals surface area contributed by atoms with Crippen molar-refractivity contribution in [2.24, 2.45) is 5.92 Å². The third-order valence-corrected chi connectivity index (χ3v) is 3.54. The summed E-state index contributed by atoms with van der Waals surface area (Å²) in [5.74, 6) is 0.453. The number of nitrogens with zero attached hydrogens (tertiary/aromatic N) is 1. The second kappa shape index (κ2) is 5.92. The first-order valence-corrected chi connectivity index (χ1v) is 6.30. The molecule has 0 aliphatic heterocycles. The van der Waals surface area contributed by atoms with E-state index in [2.05, 4.69) is 4.98 Å². The molecule has 3 nitrogen and oxygen atoms in total. The summed E-state index contributed by atoms with van der Waals surface area (Å²) in [6.07, 6.45) is 8.93. The summed E-state index contributed by atoms with van der Waals surface area (Å²) >= 11 is 0. The standard InChI is InChI=1S/C14H19NO2/c1-17-14(11-6-3-2-4-7-11)13(16)12-8-5-9-15-10-12/h5,8-11,14H,2-4,6-7H2,1H3. The Labute approximate surface area is 102 Å². The molecule has 3 heteroatoms. The smallest absolute Gasteiger partial charge is 0.193 e. The Kier molecular flexibility index (Phi) is 4.26. The maximum Gasteiger partial charge on any atom is 0.193 e. The molecule has 0 N–H and O–H groups in total. The lowest BCUT2D eigenvalue weighted by Gasteiger charge is -2.28. The molecule has 17 heavy (non-hydrogen) atoms. The zero-order valence-corrected chi connectivity index (χ0v) is 10.3. The molecule has 1 atom stereocenters. The Morgan fingerprint density at radius 3 is 2.76 bits per heavy atom. The molecule has 1 aliphatic rings. The van der Waals surface area contributed by atoms with Crippen LogP contribution in [0.15, 0.2) is 24.5 Å². The number of pyridine rings is 1. The predicted octanol–water partition coefficient (Wildman–Crippen LogP) is 2.86. The van der Waals surface area contributed by atoms with E-state index in [1.54, 1.807) is 25.6 Å². The minimum Gasteiger partial charge on any atom is -0.373 e. The summed E-state index contributed by atoms with van der Waals surface area (Å²) in [6, 6.07) is 3.60. The monoisotopic (exact) mass is 233 g/mol. The van der Waals surface area contributed by atoms with Crippen molar-refractivity contribution < 1.29 is 9.53 Å². The topological polar surface area (TPSA) is 39.2 Å². The molecule has 1 aromatic heterocycles. The van der Waals surface area contributed by atoms with Gasteiger partial charge >= 0.3 is 0 Å². The fourth-order valence-electron chi connectivity index (χ4n) is 2.62. The van der Waals surface area contributed by atoms with Gasteiger partial charge in [0.2, 0.25) is 0 Å². The normalized spacial score (nSPS) is 18.9. The average molecular weight is 233 g/mol. The van der Waals surface area contributed by atoms with Crippen LogP contribution in [0.2, 0.25) is 0 Å². The van der Waals surface area contributed by atoms with Crippen molar-refractivity contribution in [3.05, 3.63) is 30.1 Å². The van der Waals surface area contributed by atoms with Crippen LogP contribution >= 0.6 is 0 Å². The maximum absolute atomic E-state index is 12.3. The Bertz CT molecular complexity index is 358. The fraction of sp³-hybridized carbons (Fsp3) is 0.571. The highest BCUT2D eigenvalue weighted by atomic mass is 16.5. The molecule has 92 valence electrons. The number of aromatic nitrogens is 1. The number of rotatable bonds is 4. The van der Waals surface area contributed by atoms with Gasteiger partial charge in [0.05, 0.1) is 0 Å². The summed E-state index contributed by atoms with van der Waals surface area (Å²) in [5, 5.41) is 0. The van der Waals surface area contributed by atoms with E-state index in [9.17, 15) is 4.79 Å². The van der Waals surface area contributed by atoms with Gasteiger partial charge in [-0.25, -0.2) is 0 Å². The lowest BCUT2D eigenvalue weighted by molar-refractivity contribution is 0.0314. The Balaban J connectivity index is 2.09. The van der Waals surface area contributed by atoms with Crippen LogP contribution in [0.3, 0.4) is 0 Å². The van der Waals surface area contributed by atoms with Gasteiger partial charge in [0.1, 0.15) is 6.10 Å². The van der Waals surface area contributed by atoms with E-state index in [4.69, 9.17) is 4.74 Å². The second-order valence-electron chi connectivity index (χ2n) is 4.66. The molecular formula is C14H19NO2. The Hall–Kier alpha value is -1.22. The number of hydrogen-bond acceptors (Lipinski definition) is 3. The molecule has 0 aromatic carbocycles. The molecule has 2 rings (SSSR count). The molecule has 0 bridgehead atoms. The van der Waals surface area contributed by atoms with Crippen molar-refractivity contribution in [2.75, 3.05) is 7.11 Å². The Morgan fingerprint density at radius 2 is 2.18 bits per heavy atom. The van der Waals surface area contributed by atoms with E-state index >= 15 is 0 Å². The molecular weight excluding hydrogens is 214 g/mol. The van der Waals surface area contributed by atoms with Gasteiger partial charge in [-0.05, 0) is 30.9 Å².